The first kappa shape index (κ1) is 18.6. The number of rotatable bonds is 4. The van der Waals surface area contributed by atoms with Crippen LogP contribution in [0.4, 0.5) is 0 Å². The summed E-state index contributed by atoms with van der Waals surface area (Å²) in [7, 11) is -2.87. The SMILES string of the molecule is Cl.O=S1(=O)CCC(NCc2ccc(-c3cccc(Cl)c3Cl)o2)C1. The van der Waals surface area contributed by atoms with Crippen molar-refractivity contribution in [1.82, 2.24) is 5.32 Å². The van der Waals surface area contributed by atoms with Crippen LogP contribution >= 0.6 is 35.6 Å². The molecule has 1 fully saturated rings. The highest BCUT2D eigenvalue weighted by atomic mass is 35.5. The van der Waals surface area contributed by atoms with Crippen LogP contribution in [0.25, 0.3) is 11.3 Å². The summed E-state index contributed by atoms with van der Waals surface area (Å²) in [4.78, 5) is 0. The Bertz CT molecular complexity index is 789. The van der Waals surface area contributed by atoms with Gasteiger partial charge in [-0.1, -0.05) is 29.3 Å². The van der Waals surface area contributed by atoms with E-state index in [1.54, 1.807) is 6.07 Å². The molecule has 0 bridgehead atoms. The fraction of sp³-hybridized carbons (Fsp3) is 0.333. The van der Waals surface area contributed by atoms with E-state index in [0.29, 0.717) is 28.8 Å². The molecule has 1 unspecified atom stereocenters. The van der Waals surface area contributed by atoms with Gasteiger partial charge in [0.25, 0.3) is 0 Å². The largest absolute Gasteiger partial charge is 0.460 e. The van der Waals surface area contributed by atoms with Crippen molar-refractivity contribution in [3.05, 3.63) is 46.1 Å². The quantitative estimate of drug-likeness (QED) is 0.850. The van der Waals surface area contributed by atoms with Gasteiger partial charge in [0.05, 0.1) is 28.1 Å². The van der Waals surface area contributed by atoms with Crippen molar-refractivity contribution >= 4 is 45.4 Å². The van der Waals surface area contributed by atoms with E-state index in [-0.39, 0.29) is 30.0 Å². The van der Waals surface area contributed by atoms with Crippen molar-refractivity contribution in [2.45, 2.75) is 19.0 Å². The Morgan fingerprint density at radius 2 is 2.00 bits per heavy atom. The van der Waals surface area contributed by atoms with Gasteiger partial charge in [-0.25, -0.2) is 8.42 Å². The number of benzene rings is 1. The molecule has 1 aliphatic rings. The molecule has 0 radical (unpaired) electrons. The van der Waals surface area contributed by atoms with E-state index in [4.69, 9.17) is 27.6 Å². The molecule has 0 amide bonds. The summed E-state index contributed by atoms with van der Waals surface area (Å²) in [6.07, 6.45) is 0.649. The van der Waals surface area contributed by atoms with Crippen LogP contribution < -0.4 is 5.32 Å². The maximum Gasteiger partial charge on any atom is 0.151 e. The molecule has 1 aromatic carbocycles. The van der Waals surface area contributed by atoms with Crippen LogP contribution in [-0.2, 0) is 16.4 Å². The predicted molar refractivity (Wildman–Crippen MR) is 95.3 cm³/mol. The minimum Gasteiger partial charge on any atom is -0.460 e. The van der Waals surface area contributed by atoms with Crippen LogP contribution in [0.1, 0.15) is 12.2 Å². The fourth-order valence-electron chi connectivity index (χ4n) is 2.51. The topological polar surface area (TPSA) is 59.3 Å². The first-order valence-corrected chi connectivity index (χ1v) is 9.49. The number of hydrogen-bond acceptors (Lipinski definition) is 4. The Hall–Kier alpha value is -0.720. The van der Waals surface area contributed by atoms with Crippen LogP contribution in [0.15, 0.2) is 34.7 Å². The highest BCUT2D eigenvalue weighted by Crippen LogP contribution is 2.34. The van der Waals surface area contributed by atoms with Crippen LogP contribution in [0, 0.1) is 0 Å². The molecule has 2 aromatic rings. The molecule has 0 aliphatic carbocycles. The molecular weight excluding hydrogens is 381 g/mol. The zero-order valence-corrected chi connectivity index (χ0v) is 15.2. The molecule has 4 nitrogen and oxygen atoms in total. The van der Waals surface area contributed by atoms with Crippen molar-refractivity contribution in [3.8, 4) is 11.3 Å². The second kappa shape index (κ2) is 7.45. The normalized spacial score (nSPS) is 19.5. The highest BCUT2D eigenvalue weighted by molar-refractivity contribution is 7.91. The van der Waals surface area contributed by atoms with Crippen LogP contribution in [-0.4, -0.2) is 26.0 Å². The molecule has 126 valence electrons. The summed E-state index contributed by atoms with van der Waals surface area (Å²) in [5.74, 6) is 1.83. The average Bonchev–Trinajstić information content (AvgIpc) is 3.06. The summed E-state index contributed by atoms with van der Waals surface area (Å²) < 4.78 is 28.6. The summed E-state index contributed by atoms with van der Waals surface area (Å²) in [5, 5.41) is 4.15. The van der Waals surface area contributed by atoms with Gasteiger partial charge >= 0.3 is 0 Å². The van der Waals surface area contributed by atoms with Gasteiger partial charge in [0.1, 0.15) is 11.5 Å². The summed E-state index contributed by atoms with van der Waals surface area (Å²) in [6.45, 7) is 0.484. The molecule has 0 spiro atoms. The number of nitrogens with one attached hydrogen (secondary N) is 1. The molecule has 0 saturated carbocycles. The molecular formula is C15H16Cl3NO3S. The van der Waals surface area contributed by atoms with Crippen LogP contribution in [0.2, 0.25) is 10.0 Å². The van der Waals surface area contributed by atoms with Gasteiger partial charge in [-0.2, -0.15) is 0 Å². The lowest BCUT2D eigenvalue weighted by molar-refractivity contribution is 0.464. The molecule has 1 saturated heterocycles. The monoisotopic (exact) mass is 395 g/mol. The maximum absolute atomic E-state index is 11.4. The van der Waals surface area contributed by atoms with Gasteiger partial charge in [-0.3, -0.25) is 0 Å². The minimum absolute atomic E-state index is 0. The molecule has 1 aliphatic heterocycles. The fourth-order valence-corrected chi connectivity index (χ4v) is 4.61. The Kier molecular flexibility index (Phi) is 6.03. The van der Waals surface area contributed by atoms with E-state index >= 15 is 0 Å². The minimum atomic E-state index is -2.87. The van der Waals surface area contributed by atoms with E-state index < -0.39 is 9.84 Å². The summed E-state index contributed by atoms with van der Waals surface area (Å²) >= 11 is 12.2. The third kappa shape index (κ3) is 4.43. The van der Waals surface area contributed by atoms with Crippen LogP contribution in [0.5, 0.6) is 0 Å². The Morgan fingerprint density at radius 1 is 1.22 bits per heavy atom. The van der Waals surface area contributed by atoms with E-state index in [1.165, 1.54) is 0 Å². The van der Waals surface area contributed by atoms with Gasteiger partial charge in [-0.05, 0) is 30.7 Å². The van der Waals surface area contributed by atoms with Gasteiger partial charge in [0, 0.05) is 11.6 Å². The Balaban J connectivity index is 0.00000192. The van der Waals surface area contributed by atoms with Gasteiger partial charge in [0.15, 0.2) is 9.84 Å². The molecule has 1 atom stereocenters. The maximum atomic E-state index is 11.4. The molecule has 3 rings (SSSR count). The lowest BCUT2D eigenvalue weighted by Crippen LogP contribution is -2.29. The number of furan rings is 1. The number of halogens is 3. The van der Waals surface area contributed by atoms with E-state index in [2.05, 4.69) is 5.32 Å². The lowest BCUT2D eigenvalue weighted by atomic mass is 10.2. The molecule has 2 heterocycles. The average molecular weight is 397 g/mol. The van der Waals surface area contributed by atoms with E-state index in [9.17, 15) is 8.42 Å². The molecule has 8 heteroatoms. The molecule has 1 N–H and O–H groups in total. The van der Waals surface area contributed by atoms with Crippen molar-refractivity contribution in [2.75, 3.05) is 11.5 Å². The third-order valence-corrected chi connectivity index (χ3v) is 6.26. The smallest absolute Gasteiger partial charge is 0.151 e. The number of sulfone groups is 1. The van der Waals surface area contributed by atoms with Gasteiger partial charge in [0.2, 0.25) is 0 Å². The van der Waals surface area contributed by atoms with Gasteiger partial charge in [-0.15, -0.1) is 12.4 Å². The van der Waals surface area contributed by atoms with E-state index in [0.717, 1.165) is 11.3 Å². The molecule has 1 aromatic heterocycles. The van der Waals surface area contributed by atoms with E-state index in [1.807, 2.05) is 24.3 Å². The molecule has 23 heavy (non-hydrogen) atoms. The van der Waals surface area contributed by atoms with Crippen LogP contribution in [0.3, 0.4) is 0 Å². The van der Waals surface area contributed by atoms with Crippen molar-refractivity contribution in [3.63, 3.8) is 0 Å². The standard InChI is InChI=1S/C15H15Cl2NO3S.ClH/c16-13-3-1-2-12(15(13)17)14-5-4-11(21-14)8-18-10-6-7-22(19,20)9-10;/h1-5,10,18H,6-9H2;1H. The van der Waals surface area contributed by atoms with Gasteiger partial charge < -0.3 is 9.73 Å². The van der Waals surface area contributed by atoms with Crippen molar-refractivity contribution < 1.29 is 12.8 Å². The Morgan fingerprint density at radius 3 is 2.70 bits per heavy atom. The second-order valence-corrected chi connectivity index (χ2v) is 8.36. The second-order valence-electron chi connectivity index (χ2n) is 5.35. The van der Waals surface area contributed by atoms with Crippen molar-refractivity contribution in [2.24, 2.45) is 0 Å². The first-order chi connectivity index (χ1) is 10.4. The predicted octanol–water partition coefficient (Wildman–Crippen LogP) is 3.95. The number of hydrogen-bond donors (Lipinski definition) is 1. The summed E-state index contributed by atoms with van der Waals surface area (Å²) in [5.41, 5.74) is 0.740. The zero-order chi connectivity index (χ0) is 15.7. The first-order valence-electron chi connectivity index (χ1n) is 6.91. The Labute approximate surface area is 151 Å². The zero-order valence-electron chi connectivity index (χ0n) is 12.1. The highest BCUT2D eigenvalue weighted by Gasteiger charge is 2.27. The summed E-state index contributed by atoms with van der Waals surface area (Å²) in [6, 6.07) is 9.05. The van der Waals surface area contributed by atoms with Crippen molar-refractivity contribution in [1.29, 1.82) is 0 Å². The lowest BCUT2D eigenvalue weighted by Gasteiger charge is -2.08. The third-order valence-electron chi connectivity index (χ3n) is 3.68.